The predicted octanol–water partition coefficient (Wildman–Crippen LogP) is 4.50. The van der Waals surface area contributed by atoms with E-state index in [0.29, 0.717) is 6.04 Å². The summed E-state index contributed by atoms with van der Waals surface area (Å²) in [5.41, 5.74) is 6.65. The second kappa shape index (κ2) is 9.00. The molecule has 0 heterocycles. The molecule has 0 amide bonds. The minimum atomic E-state index is 0.213. The van der Waals surface area contributed by atoms with Crippen LogP contribution in [0.25, 0.3) is 0 Å². The second-order valence-electron chi connectivity index (χ2n) is 6.91. The molecule has 0 fully saturated rings. The van der Waals surface area contributed by atoms with Crippen LogP contribution in [0.15, 0.2) is 42.5 Å². The van der Waals surface area contributed by atoms with Crippen molar-refractivity contribution >= 4 is 0 Å². The van der Waals surface area contributed by atoms with Gasteiger partial charge >= 0.3 is 0 Å². The molecule has 0 saturated heterocycles. The van der Waals surface area contributed by atoms with E-state index in [4.69, 9.17) is 0 Å². The van der Waals surface area contributed by atoms with Crippen LogP contribution in [0.3, 0.4) is 0 Å². The topological polar surface area (TPSA) is 32.3 Å². The summed E-state index contributed by atoms with van der Waals surface area (Å²) in [5.74, 6) is 0.241. The number of aliphatic hydroxyl groups is 1. The molecule has 0 saturated carbocycles. The highest BCUT2D eigenvalue weighted by Gasteiger charge is 2.15. The van der Waals surface area contributed by atoms with Crippen LogP contribution in [0.5, 0.6) is 0 Å². The molecule has 2 heteroatoms. The highest BCUT2D eigenvalue weighted by Crippen LogP contribution is 2.22. The van der Waals surface area contributed by atoms with E-state index in [9.17, 15) is 5.11 Å². The molecule has 2 unspecified atom stereocenters. The lowest BCUT2D eigenvalue weighted by atomic mass is 9.94. The molecule has 2 atom stereocenters. The summed E-state index contributed by atoms with van der Waals surface area (Å²) in [6.07, 6.45) is 1.96. The van der Waals surface area contributed by atoms with Crippen LogP contribution in [-0.2, 0) is 6.42 Å². The molecule has 2 nitrogen and oxygen atoms in total. The molecule has 2 aromatic rings. The van der Waals surface area contributed by atoms with E-state index in [1.54, 1.807) is 0 Å². The molecular formula is C22H31NO. The number of rotatable bonds is 8. The Hall–Kier alpha value is -1.64. The number of nitrogens with one attached hydrogen (secondary N) is 1. The van der Waals surface area contributed by atoms with Crippen molar-refractivity contribution in [1.29, 1.82) is 0 Å². The van der Waals surface area contributed by atoms with Gasteiger partial charge in [0.2, 0.25) is 0 Å². The van der Waals surface area contributed by atoms with Crippen LogP contribution in [-0.4, -0.2) is 18.3 Å². The first-order valence-electron chi connectivity index (χ1n) is 9.01. The fourth-order valence-corrected chi connectivity index (χ4v) is 3.27. The van der Waals surface area contributed by atoms with E-state index >= 15 is 0 Å². The largest absolute Gasteiger partial charge is 0.396 e. The summed E-state index contributed by atoms with van der Waals surface area (Å²) in [4.78, 5) is 0. The van der Waals surface area contributed by atoms with Crippen molar-refractivity contribution in [2.24, 2.45) is 5.92 Å². The van der Waals surface area contributed by atoms with Crippen LogP contribution >= 0.6 is 0 Å². The number of hydrogen-bond acceptors (Lipinski definition) is 2. The van der Waals surface area contributed by atoms with Crippen molar-refractivity contribution in [3.63, 3.8) is 0 Å². The van der Waals surface area contributed by atoms with Crippen LogP contribution in [0.2, 0.25) is 0 Å². The Morgan fingerprint density at radius 2 is 1.75 bits per heavy atom. The van der Waals surface area contributed by atoms with Gasteiger partial charge in [-0.15, -0.1) is 0 Å². The van der Waals surface area contributed by atoms with Gasteiger partial charge in [0, 0.05) is 19.2 Å². The average Bonchev–Trinajstić information content (AvgIpc) is 2.58. The molecule has 130 valence electrons. The van der Waals surface area contributed by atoms with E-state index in [-0.39, 0.29) is 12.5 Å². The SMILES string of the molecule is CCC(NCC(CO)Cc1ccccc1C)c1cc(C)ccc1C. The number of aliphatic hydroxyl groups excluding tert-OH is 1. The van der Waals surface area contributed by atoms with Crippen molar-refractivity contribution in [2.75, 3.05) is 13.2 Å². The van der Waals surface area contributed by atoms with Gasteiger partial charge in [-0.2, -0.15) is 0 Å². The van der Waals surface area contributed by atoms with E-state index in [1.807, 2.05) is 0 Å². The van der Waals surface area contributed by atoms with Crippen LogP contribution in [0, 0.1) is 26.7 Å². The lowest BCUT2D eigenvalue weighted by Crippen LogP contribution is -2.30. The zero-order chi connectivity index (χ0) is 17.5. The van der Waals surface area contributed by atoms with E-state index < -0.39 is 0 Å². The normalized spacial score (nSPS) is 13.7. The zero-order valence-electron chi connectivity index (χ0n) is 15.5. The van der Waals surface area contributed by atoms with Crippen molar-refractivity contribution in [3.8, 4) is 0 Å². The number of aryl methyl sites for hydroxylation is 3. The second-order valence-corrected chi connectivity index (χ2v) is 6.91. The van der Waals surface area contributed by atoms with Gasteiger partial charge < -0.3 is 10.4 Å². The predicted molar refractivity (Wildman–Crippen MR) is 102 cm³/mol. The molecular weight excluding hydrogens is 294 g/mol. The Morgan fingerprint density at radius 3 is 2.42 bits per heavy atom. The minimum Gasteiger partial charge on any atom is -0.396 e. The van der Waals surface area contributed by atoms with Gasteiger partial charge in [-0.25, -0.2) is 0 Å². The first-order chi connectivity index (χ1) is 11.5. The Morgan fingerprint density at radius 1 is 1.00 bits per heavy atom. The van der Waals surface area contributed by atoms with E-state index in [0.717, 1.165) is 19.4 Å². The lowest BCUT2D eigenvalue weighted by molar-refractivity contribution is 0.217. The Balaban J connectivity index is 2.03. The molecule has 0 radical (unpaired) electrons. The lowest BCUT2D eigenvalue weighted by Gasteiger charge is -2.23. The third-order valence-corrected chi connectivity index (χ3v) is 4.90. The maximum absolute atomic E-state index is 9.79. The standard InChI is InChI=1S/C22H31NO/c1-5-22(21-12-16(2)10-11-18(21)4)23-14-19(15-24)13-20-9-7-6-8-17(20)3/h6-12,19,22-24H,5,13-15H2,1-4H3. The fraction of sp³-hybridized carbons (Fsp3) is 0.455. The summed E-state index contributed by atoms with van der Waals surface area (Å²) in [6.45, 7) is 9.72. The first-order valence-corrected chi connectivity index (χ1v) is 9.01. The van der Waals surface area contributed by atoms with Crippen LogP contribution < -0.4 is 5.32 Å². The Kier molecular flexibility index (Phi) is 7.01. The summed E-state index contributed by atoms with van der Waals surface area (Å²) < 4.78 is 0. The highest BCUT2D eigenvalue weighted by molar-refractivity contribution is 5.33. The minimum absolute atomic E-state index is 0.213. The van der Waals surface area contributed by atoms with Crippen molar-refractivity contribution < 1.29 is 5.11 Å². The monoisotopic (exact) mass is 325 g/mol. The van der Waals surface area contributed by atoms with Gasteiger partial charge in [-0.3, -0.25) is 0 Å². The average molecular weight is 325 g/mol. The van der Waals surface area contributed by atoms with Gasteiger partial charge in [0.25, 0.3) is 0 Å². The van der Waals surface area contributed by atoms with Gasteiger partial charge in [0.05, 0.1) is 0 Å². The molecule has 2 aromatic carbocycles. The fourth-order valence-electron chi connectivity index (χ4n) is 3.27. The van der Waals surface area contributed by atoms with Gasteiger partial charge in [0.1, 0.15) is 0 Å². The number of hydrogen-bond donors (Lipinski definition) is 2. The summed E-state index contributed by atoms with van der Waals surface area (Å²) in [5, 5.41) is 13.5. The molecule has 24 heavy (non-hydrogen) atoms. The van der Waals surface area contributed by atoms with Crippen molar-refractivity contribution in [2.45, 2.75) is 46.6 Å². The third kappa shape index (κ3) is 4.93. The molecule has 2 rings (SSSR count). The summed E-state index contributed by atoms with van der Waals surface area (Å²) >= 11 is 0. The van der Waals surface area contributed by atoms with Crippen LogP contribution in [0.4, 0.5) is 0 Å². The molecule has 0 spiro atoms. The maximum atomic E-state index is 9.79. The number of benzene rings is 2. The molecule has 0 bridgehead atoms. The summed E-state index contributed by atoms with van der Waals surface area (Å²) in [6, 6.07) is 15.4. The van der Waals surface area contributed by atoms with Gasteiger partial charge in [-0.1, -0.05) is 55.0 Å². The molecule has 0 aromatic heterocycles. The van der Waals surface area contributed by atoms with Crippen LogP contribution in [0.1, 0.15) is 47.2 Å². The van der Waals surface area contributed by atoms with Gasteiger partial charge in [-0.05, 0) is 61.8 Å². The van der Waals surface area contributed by atoms with E-state index in [2.05, 4.69) is 75.5 Å². The molecule has 0 aliphatic heterocycles. The molecule has 0 aliphatic rings. The quantitative estimate of drug-likeness (QED) is 0.749. The Labute approximate surface area is 146 Å². The highest BCUT2D eigenvalue weighted by atomic mass is 16.3. The van der Waals surface area contributed by atoms with E-state index in [1.165, 1.54) is 27.8 Å². The molecule has 0 aliphatic carbocycles. The first kappa shape index (κ1) is 18.7. The zero-order valence-corrected chi connectivity index (χ0v) is 15.5. The molecule has 2 N–H and O–H groups in total. The smallest absolute Gasteiger partial charge is 0.0474 e. The Bertz CT molecular complexity index is 650. The third-order valence-electron chi connectivity index (χ3n) is 4.90. The maximum Gasteiger partial charge on any atom is 0.0474 e. The van der Waals surface area contributed by atoms with Crippen molar-refractivity contribution in [1.82, 2.24) is 5.32 Å². The summed E-state index contributed by atoms with van der Waals surface area (Å²) in [7, 11) is 0. The van der Waals surface area contributed by atoms with Gasteiger partial charge in [0.15, 0.2) is 0 Å². The van der Waals surface area contributed by atoms with Crippen molar-refractivity contribution in [3.05, 3.63) is 70.3 Å².